The van der Waals surface area contributed by atoms with E-state index in [9.17, 15) is 9.90 Å². The minimum Gasteiger partial charge on any atom is -0.466 e. The molecule has 23 heavy (non-hydrogen) atoms. The van der Waals surface area contributed by atoms with Gasteiger partial charge in [-0.1, -0.05) is 57.3 Å². The molecule has 1 N–H and O–H groups in total. The third-order valence-corrected chi connectivity index (χ3v) is 3.60. The quantitative estimate of drug-likeness (QED) is 0.301. The number of hydrogen-bond donors (Lipinski definition) is 1. The van der Waals surface area contributed by atoms with E-state index in [1.54, 1.807) is 12.2 Å². The van der Waals surface area contributed by atoms with Gasteiger partial charge in [0.05, 0.1) is 12.7 Å². The lowest BCUT2D eigenvalue weighted by atomic mass is 10.1. The molecular weight excluding hydrogens is 288 g/mol. The molecule has 0 aromatic heterocycles. The first-order valence-electron chi connectivity index (χ1n) is 9.19. The van der Waals surface area contributed by atoms with Gasteiger partial charge in [-0.15, -0.1) is 0 Å². The van der Waals surface area contributed by atoms with E-state index in [0.29, 0.717) is 13.0 Å². The standard InChI is InChI=1S/C20H34O3/c1-3-5-13-16-19(21)17-14-11-9-7-6-8-10-12-15-18-20(22)23-4-2/h14,17,19,21H,3-8,10,12-13,15-16,18H2,1-2H3/b17-14+/t19-/m0/s1. The van der Waals surface area contributed by atoms with Gasteiger partial charge in [-0.25, -0.2) is 0 Å². The third-order valence-electron chi connectivity index (χ3n) is 3.60. The van der Waals surface area contributed by atoms with E-state index in [0.717, 1.165) is 51.4 Å². The van der Waals surface area contributed by atoms with Crippen molar-refractivity contribution in [2.24, 2.45) is 0 Å². The number of esters is 1. The Kier molecular flexibility index (Phi) is 16.1. The van der Waals surface area contributed by atoms with E-state index in [1.165, 1.54) is 12.8 Å². The highest BCUT2D eigenvalue weighted by molar-refractivity contribution is 5.69. The van der Waals surface area contributed by atoms with Gasteiger partial charge in [0.2, 0.25) is 0 Å². The summed E-state index contributed by atoms with van der Waals surface area (Å²) in [7, 11) is 0. The molecule has 0 aromatic rings. The average Bonchev–Trinajstić information content (AvgIpc) is 2.53. The Morgan fingerprint density at radius 3 is 2.57 bits per heavy atom. The number of allylic oxidation sites excluding steroid dienone is 1. The Morgan fingerprint density at radius 2 is 1.83 bits per heavy atom. The van der Waals surface area contributed by atoms with Crippen LogP contribution < -0.4 is 0 Å². The normalized spacial score (nSPS) is 12.0. The summed E-state index contributed by atoms with van der Waals surface area (Å²) in [5.74, 6) is 6.02. The smallest absolute Gasteiger partial charge is 0.305 e. The molecule has 132 valence electrons. The largest absolute Gasteiger partial charge is 0.466 e. The second-order valence-corrected chi connectivity index (χ2v) is 5.82. The minimum atomic E-state index is -0.352. The molecule has 0 amide bonds. The molecule has 0 radical (unpaired) electrons. The maximum Gasteiger partial charge on any atom is 0.305 e. The van der Waals surface area contributed by atoms with Gasteiger partial charge in [0.25, 0.3) is 0 Å². The van der Waals surface area contributed by atoms with Gasteiger partial charge in [0.1, 0.15) is 0 Å². The summed E-state index contributed by atoms with van der Waals surface area (Å²) in [5, 5.41) is 9.68. The monoisotopic (exact) mass is 322 g/mol. The zero-order valence-electron chi connectivity index (χ0n) is 15.0. The summed E-state index contributed by atoms with van der Waals surface area (Å²) in [6.45, 7) is 4.47. The second kappa shape index (κ2) is 17.1. The van der Waals surface area contributed by atoms with Crippen LogP contribution in [0.5, 0.6) is 0 Å². The lowest BCUT2D eigenvalue weighted by Gasteiger charge is -2.02. The fraction of sp³-hybridized carbons (Fsp3) is 0.750. The molecule has 0 bridgehead atoms. The number of rotatable bonds is 13. The molecule has 3 nitrogen and oxygen atoms in total. The molecule has 0 saturated heterocycles. The molecule has 0 saturated carbocycles. The van der Waals surface area contributed by atoms with Crippen LogP contribution in [0.3, 0.4) is 0 Å². The van der Waals surface area contributed by atoms with E-state index in [1.807, 2.05) is 6.92 Å². The van der Waals surface area contributed by atoms with Gasteiger partial charge in [0.15, 0.2) is 0 Å². The molecule has 0 rings (SSSR count). The van der Waals surface area contributed by atoms with Crippen molar-refractivity contribution in [3.05, 3.63) is 12.2 Å². The summed E-state index contributed by atoms with van der Waals surface area (Å²) < 4.78 is 4.89. The number of aliphatic hydroxyl groups excluding tert-OH is 1. The van der Waals surface area contributed by atoms with Crippen molar-refractivity contribution in [3.8, 4) is 11.8 Å². The third kappa shape index (κ3) is 16.9. The fourth-order valence-corrected chi connectivity index (χ4v) is 2.24. The first-order chi connectivity index (χ1) is 11.2. The lowest BCUT2D eigenvalue weighted by molar-refractivity contribution is -0.143. The molecule has 3 heteroatoms. The van der Waals surface area contributed by atoms with Crippen molar-refractivity contribution in [1.29, 1.82) is 0 Å². The molecule has 0 aliphatic heterocycles. The van der Waals surface area contributed by atoms with E-state index in [2.05, 4.69) is 18.8 Å². The summed E-state index contributed by atoms with van der Waals surface area (Å²) in [5.41, 5.74) is 0. The Morgan fingerprint density at radius 1 is 1.09 bits per heavy atom. The number of unbranched alkanes of at least 4 members (excludes halogenated alkanes) is 7. The lowest BCUT2D eigenvalue weighted by Crippen LogP contribution is -2.03. The number of hydrogen-bond acceptors (Lipinski definition) is 3. The van der Waals surface area contributed by atoms with Gasteiger partial charge >= 0.3 is 5.97 Å². The highest BCUT2D eigenvalue weighted by Gasteiger charge is 2.00. The van der Waals surface area contributed by atoms with Crippen molar-refractivity contribution in [1.82, 2.24) is 0 Å². The van der Waals surface area contributed by atoms with Crippen molar-refractivity contribution < 1.29 is 14.6 Å². The summed E-state index contributed by atoms with van der Waals surface area (Å²) in [6, 6.07) is 0. The summed E-state index contributed by atoms with van der Waals surface area (Å²) >= 11 is 0. The predicted molar refractivity (Wildman–Crippen MR) is 96.0 cm³/mol. The van der Waals surface area contributed by atoms with Crippen LogP contribution in [0.1, 0.15) is 84.5 Å². The molecule has 0 fully saturated rings. The van der Waals surface area contributed by atoms with Crippen LogP contribution in [0.2, 0.25) is 0 Å². The van der Waals surface area contributed by atoms with E-state index in [4.69, 9.17) is 4.74 Å². The van der Waals surface area contributed by atoms with E-state index < -0.39 is 0 Å². The van der Waals surface area contributed by atoms with Crippen LogP contribution >= 0.6 is 0 Å². The highest BCUT2D eigenvalue weighted by Crippen LogP contribution is 2.07. The topological polar surface area (TPSA) is 46.5 Å². The van der Waals surface area contributed by atoms with Crippen LogP contribution in [0.15, 0.2) is 12.2 Å². The van der Waals surface area contributed by atoms with Crippen molar-refractivity contribution >= 4 is 5.97 Å². The highest BCUT2D eigenvalue weighted by atomic mass is 16.5. The zero-order chi connectivity index (χ0) is 17.2. The second-order valence-electron chi connectivity index (χ2n) is 5.82. The van der Waals surface area contributed by atoms with Crippen LogP contribution in [0.4, 0.5) is 0 Å². The number of ether oxygens (including phenoxy) is 1. The average molecular weight is 322 g/mol. The molecule has 1 atom stereocenters. The first-order valence-corrected chi connectivity index (χ1v) is 9.19. The van der Waals surface area contributed by atoms with Crippen molar-refractivity contribution in [2.75, 3.05) is 6.61 Å². The van der Waals surface area contributed by atoms with Gasteiger partial charge in [-0.3, -0.25) is 4.79 Å². The first kappa shape index (κ1) is 21.7. The molecule has 0 aliphatic carbocycles. The van der Waals surface area contributed by atoms with Gasteiger partial charge in [0, 0.05) is 12.8 Å². The predicted octanol–water partition coefficient (Wildman–Crippen LogP) is 4.78. The number of carbonyl (C=O) groups is 1. The van der Waals surface area contributed by atoms with Gasteiger partial charge in [-0.2, -0.15) is 0 Å². The molecule has 0 spiro atoms. The molecule has 0 unspecified atom stereocenters. The van der Waals surface area contributed by atoms with Gasteiger partial charge < -0.3 is 9.84 Å². The molecule has 0 aromatic carbocycles. The van der Waals surface area contributed by atoms with E-state index >= 15 is 0 Å². The van der Waals surface area contributed by atoms with Crippen LogP contribution in [0.25, 0.3) is 0 Å². The van der Waals surface area contributed by atoms with Crippen molar-refractivity contribution in [2.45, 2.75) is 90.6 Å². The maximum atomic E-state index is 11.1. The Labute approximate surface area is 142 Å². The molecule has 0 aliphatic rings. The van der Waals surface area contributed by atoms with E-state index in [-0.39, 0.29) is 12.1 Å². The minimum absolute atomic E-state index is 0.0814. The number of aliphatic hydroxyl groups is 1. The molecule has 0 heterocycles. The summed E-state index contributed by atoms with van der Waals surface area (Å²) in [4.78, 5) is 11.1. The molecular formula is C20H34O3. The Bertz CT molecular complexity index is 363. The zero-order valence-corrected chi connectivity index (χ0v) is 15.0. The SMILES string of the molecule is CCCCC[C@H](O)/C=C/C#CCCCCCCCC(=O)OCC. The van der Waals surface area contributed by atoms with Crippen LogP contribution in [0, 0.1) is 11.8 Å². The Hall–Kier alpha value is -1.27. The van der Waals surface area contributed by atoms with Crippen LogP contribution in [-0.2, 0) is 9.53 Å². The number of carbonyl (C=O) groups excluding carboxylic acids is 1. The summed E-state index contributed by atoms with van der Waals surface area (Å²) in [6.07, 6.45) is 14.3. The van der Waals surface area contributed by atoms with Crippen LogP contribution in [-0.4, -0.2) is 23.8 Å². The Balaban J connectivity index is 3.43. The fourth-order valence-electron chi connectivity index (χ4n) is 2.24. The van der Waals surface area contributed by atoms with Gasteiger partial charge in [-0.05, 0) is 38.3 Å². The maximum absolute atomic E-state index is 11.1. The van der Waals surface area contributed by atoms with Crippen molar-refractivity contribution in [3.63, 3.8) is 0 Å².